The van der Waals surface area contributed by atoms with Crippen molar-refractivity contribution in [2.75, 3.05) is 0 Å². The number of benzene rings is 7. The third-order valence-corrected chi connectivity index (χ3v) is 12.5. The van der Waals surface area contributed by atoms with E-state index in [9.17, 15) is 13.2 Å². The molecule has 52 heavy (non-hydrogen) atoms. The van der Waals surface area contributed by atoms with Crippen LogP contribution in [0.3, 0.4) is 0 Å². The van der Waals surface area contributed by atoms with Crippen molar-refractivity contribution >= 4 is 72.7 Å². The summed E-state index contributed by atoms with van der Waals surface area (Å²) in [5.41, 5.74) is 5.63. The predicted molar refractivity (Wildman–Crippen MR) is 213 cm³/mol. The number of hydrogen-bond donors (Lipinski definition) is 0. The molecule has 252 valence electrons. The average Bonchev–Trinajstić information content (AvgIpc) is 3.54. The highest BCUT2D eigenvalue weighted by Crippen LogP contribution is 2.49. The van der Waals surface area contributed by atoms with Gasteiger partial charge in [0.05, 0.1) is 5.56 Å². The van der Waals surface area contributed by atoms with Crippen LogP contribution in [0.15, 0.2) is 133 Å². The Hall–Kier alpha value is -5.45. The van der Waals surface area contributed by atoms with E-state index in [1.54, 1.807) is 24.3 Å². The van der Waals surface area contributed by atoms with E-state index in [1.165, 1.54) is 58.4 Å². The van der Waals surface area contributed by atoms with Crippen LogP contribution in [0, 0.1) is 5.92 Å². The van der Waals surface area contributed by atoms with E-state index < -0.39 is 11.7 Å². The first-order valence-electron chi connectivity index (χ1n) is 17.9. The molecule has 8 aromatic rings. The van der Waals surface area contributed by atoms with Gasteiger partial charge in [0, 0.05) is 21.2 Å². The number of alkyl halides is 3. The van der Waals surface area contributed by atoms with Crippen LogP contribution >= 0.6 is 11.3 Å². The second kappa shape index (κ2) is 11.8. The zero-order valence-corrected chi connectivity index (χ0v) is 29.2. The molecule has 0 spiro atoms. The molecule has 0 saturated heterocycles. The largest absolute Gasteiger partial charge is 0.417 e. The van der Waals surface area contributed by atoms with Crippen molar-refractivity contribution in [3.05, 3.63) is 170 Å². The van der Waals surface area contributed by atoms with E-state index in [0.29, 0.717) is 10.8 Å². The Balaban J connectivity index is 1.21. The molecule has 2 aliphatic rings. The van der Waals surface area contributed by atoms with Gasteiger partial charge in [0.2, 0.25) is 0 Å². The Morgan fingerprint density at radius 2 is 1.08 bits per heavy atom. The summed E-state index contributed by atoms with van der Waals surface area (Å²) in [6.07, 6.45) is 5.61. The van der Waals surface area contributed by atoms with Gasteiger partial charge in [-0.3, -0.25) is 0 Å². The molecule has 3 atom stereocenters. The average molecular weight is 699 g/mol. The zero-order chi connectivity index (χ0) is 35.1. The highest BCUT2D eigenvalue weighted by Gasteiger charge is 2.37. The van der Waals surface area contributed by atoms with E-state index in [-0.39, 0.29) is 28.5 Å². The molecule has 1 aromatic heterocycles. The smallest absolute Gasteiger partial charge is 0.166 e. The van der Waals surface area contributed by atoms with E-state index in [2.05, 4.69) is 110 Å². The summed E-state index contributed by atoms with van der Waals surface area (Å²) < 4.78 is 45.1. The third kappa shape index (κ3) is 4.67. The zero-order valence-electron chi connectivity index (χ0n) is 28.4. The molecule has 0 saturated carbocycles. The van der Waals surface area contributed by atoms with Gasteiger partial charge in [-0.2, -0.15) is 13.2 Å². The summed E-state index contributed by atoms with van der Waals surface area (Å²) in [6.45, 7) is 2.33. The highest BCUT2D eigenvalue weighted by molar-refractivity contribution is 7.11. The predicted octanol–water partition coefficient (Wildman–Crippen LogP) is 12.6. The van der Waals surface area contributed by atoms with E-state index in [1.807, 2.05) is 35.6 Å². The molecule has 0 amide bonds. The van der Waals surface area contributed by atoms with Crippen molar-refractivity contribution in [2.24, 2.45) is 5.92 Å². The molecule has 0 radical (unpaired) electrons. The molecule has 0 nitrogen and oxygen atoms in total. The second-order valence-corrected chi connectivity index (χ2v) is 15.3. The first kappa shape index (κ1) is 31.3. The lowest BCUT2D eigenvalue weighted by Crippen LogP contribution is -2.30. The fourth-order valence-electron chi connectivity index (χ4n) is 9.27. The molecule has 0 bridgehead atoms. The Bertz CT molecular complexity index is 2780. The molecule has 4 heteroatoms. The van der Waals surface area contributed by atoms with Crippen molar-refractivity contribution in [3.8, 4) is 11.1 Å². The quantitative estimate of drug-likeness (QED) is 0.161. The molecule has 7 aromatic carbocycles. The minimum absolute atomic E-state index is 0.0589. The SMILES string of the molecule is CC1C=Cc2sc3c(c2C1c1c2ccccc2c(-c2ccccc2)c2ccccc12)=CCC(c1c2ccccc2c(C(F)(F)F)c2ccccc12)C=3. The Kier molecular flexibility index (Phi) is 7.10. The molecule has 3 unspecified atom stereocenters. The van der Waals surface area contributed by atoms with Crippen molar-refractivity contribution in [3.63, 3.8) is 0 Å². The van der Waals surface area contributed by atoms with Crippen LogP contribution in [0.5, 0.6) is 0 Å². The number of rotatable bonds is 3. The molecule has 0 N–H and O–H groups in total. The maximum absolute atomic E-state index is 14.6. The first-order chi connectivity index (χ1) is 25.4. The molecular formula is C48H33F3S. The fourth-order valence-corrected chi connectivity index (χ4v) is 10.5. The summed E-state index contributed by atoms with van der Waals surface area (Å²) >= 11 is 1.81. The summed E-state index contributed by atoms with van der Waals surface area (Å²) in [6, 6.07) is 42.6. The van der Waals surface area contributed by atoms with Crippen LogP contribution in [-0.2, 0) is 6.18 Å². The van der Waals surface area contributed by atoms with Gasteiger partial charge in [0.15, 0.2) is 0 Å². The number of allylic oxidation sites excluding steroid dienone is 1. The minimum Gasteiger partial charge on any atom is -0.166 e. The summed E-state index contributed by atoms with van der Waals surface area (Å²) in [7, 11) is 0. The lowest BCUT2D eigenvalue weighted by atomic mass is 9.73. The van der Waals surface area contributed by atoms with E-state index in [4.69, 9.17) is 0 Å². The van der Waals surface area contributed by atoms with Gasteiger partial charge in [-0.15, -0.1) is 11.3 Å². The van der Waals surface area contributed by atoms with Gasteiger partial charge in [-0.25, -0.2) is 0 Å². The summed E-state index contributed by atoms with van der Waals surface area (Å²) in [5, 5.41) is 8.23. The van der Waals surface area contributed by atoms with Crippen LogP contribution in [-0.4, -0.2) is 0 Å². The molecule has 2 aliphatic carbocycles. The molecular weight excluding hydrogens is 666 g/mol. The standard InChI is InChI=1S/C48H33F3S/c1-28-23-26-40-46(42(28)45-33-17-7-5-15-31(33)43(29-13-3-2-4-14-29)32-16-6-8-18-34(32)45)39-25-24-30(27-41(39)52-40)44-35-19-9-11-21-37(35)47(48(49,50)51)38-22-12-10-20-36(38)44/h2-23,25-28,30,42H,24H2,1H3. The normalized spacial score (nSPS) is 18.3. The van der Waals surface area contributed by atoms with Crippen LogP contribution < -0.4 is 9.75 Å². The van der Waals surface area contributed by atoms with Crippen LogP contribution in [0.25, 0.3) is 72.4 Å². The summed E-state index contributed by atoms with van der Waals surface area (Å²) in [5.74, 6) is 0.333. The maximum atomic E-state index is 14.6. The van der Waals surface area contributed by atoms with Gasteiger partial charge < -0.3 is 0 Å². The third-order valence-electron chi connectivity index (χ3n) is 11.3. The van der Waals surface area contributed by atoms with Gasteiger partial charge in [-0.05, 0) is 94.5 Å². The topological polar surface area (TPSA) is 0 Å². The molecule has 10 rings (SSSR count). The number of fused-ring (bicyclic) bond motifs is 7. The van der Waals surface area contributed by atoms with Gasteiger partial charge in [0.1, 0.15) is 0 Å². The van der Waals surface area contributed by atoms with Crippen LogP contribution in [0.1, 0.15) is 52.3 Å². The van der Waals surface area contributed by atoms with Crippen LogP contribution in [0.4, 0.5) is 13.2 Å². The molecule has 0 fully saturated rings. The number of hydrogen-bond acceptors (Lipinski definition) is 1. The van der Waals surface area contributed by atoms with Crippen molar-refractivity contribution in [1.82, 2.24) is 0 Å². The van der Waals surface area contributed by atoms with Gasteiger partial charge in [0.25, 0.3) is 0 Å². The molecule has 1 heterocycles. The van der Waals surface area contributed by atoms with Crippen molar-refractivity contribution < 1.29 is 13.2 Å². The van der Waals surface area contributed by atoms with Crippen molar-refractivity contribution in [2.45, 2.75) is 31.4 Å². The highest BCUT2D eigenvalue weighted by atomic mass is 32.1. The first-order valence-corrected chi connectivity index (χ1v) is 18.7. The van der Waals surface area contributed by atoms with E-state index in [0.717, 1.165) is 12.0 Å². The monoisotopic (exact) mass is 698 g/mol. The summed E-state index contributed by atoms with van der Waals surface area (Å²) in [4.78, 5) is 1.27. The Morgan fingerprint density at radius 3 is 1.63 bits per heavy atom. The minimum atomic E-state index is -4.47. The lowest BCUT2D eigenvalue weighted by molar-refractivity contribution is -0.135. The van der Waals surface area contributed by atoms with Crippen molar-refractivity contribution in [1.29, 1.82) is 0 Å². The Labute approximate surface area is 303 Å². The number of halogens is 3. The van der Waals surface area contributed by atoms with Gasteiger partial charge in [-0.1, -0.05) is 153 Å². The van der Waals surface area contributed by atoms with E-state index >= 15 is 0 Å². The lowest BCUT2D eigenvalue weighted by Gasteiger charge is -2.30. The number of thiophene rings is 1. The Morgan fingerprint density at radius 1 is 0.577 bits per heavy atom. The van der Waals surface area contributed by atoms with Crippen LogP contribution in [0.2, 0.25) is 0 Å². The molecule has 0 aliphatic heterocycles. The second-order valence-electron chi connectivity index (χ2n) is 14.2. The fraction of sp³-hybridized carbons (Fsp3) is 0.125. The maximum Gasteiger partial charge on any atom is 0.417 e. The van der Waals surface area contributed by atoms with Gasteiger partial charge >= 0.3 is 6.18 Å².